The topological polar surface area (TPSA) is 142 Å². The predicted molar refractivity (Wildman–Crippen MR) is 77.9 cm³/mol. The van der Waals surface area contributed by atoms with Gasteiger partial charge in [0.2, 0.25) is 5.91 Å². The number of nitro benzene ring substituents is 1. The highest BCUT2D eigenvalue weighted by Gasteiger charge is 2.21. The van der Waals surface area contributed by atoms with E-state index < -0.39 is 29.3 Å². The lowest BCUT2D eigenvalue weighted by Crippen LogP contribution is -2.41. The Labute approximate surface area is 130 Å². The average Bonchev–Trinajstić information content (AvgIpc) is 2.45. The van der Waals surface area contributed by atoms with E-state index >= 15 is 0 Å². The average molecular weight is 332 g/mol. The molecule has 0 aliphatic heterocycles. The quantitative estimate of drug-likeness (QED) is 0.404. The molecule has 10 heteroatoms. The molecule has 0 radical (unpaired) electrons. The maximum atomic E-state index is 11.8. The van der Waals surface area contributed by atoms with Gasteiger partial charge < -0.3 is 20.8 Å². The van der Waals surface area contributed by atoms with Crippen LogP contribution in [0.25, 0.3) is 0 Å². The fourth-order valence-corrected chi connectivity index (χ4v) is 1.76. The molecule has 0 heterocycles. The molecule has 0 aromatic heterocycles. The van der Waals surface area contributed by atoms with Crippen molar-refractivity contribution in [3.63, 3.8) is 0 Å². The van der Waals surface area contributed by atoms with Crippen LogP contribution in [0.4, 0.5) is 11.4 Å². The van der Waals surface area contributed by atoms with Crippen LogP contribution < -0.4 is 10.6 Å². The number of non-ortho nitro benzene ring substituents is 1. The standard InChI is InChI=1S/C12H14ClN3O6/c13-8-2-1-7(16(21)22)5-9(8)15-11(18)6-10(12(19)20)14-3-4-17/h1-2,5,10,14,17H,3-4,6H2,(H,15,18)(H,19,20). The molecule has 1 aromatic carbocycles. The van der Waals surface area contributed by atoms with E-state index in [9.17, 15) is 19.7 Å². The summed E-state index contributed by atoms with van der Waals surface area (Å²) in [5, 5.41) is 33.2. The van der Waals surface area contributed by atoms with Crippen LogP contribution >= 0.6 is 11.6 Å². The van der Waals surface area contributed by atoms with Crippen LogP contribution in [0.2, 0.25) is 5.02 Å². The number of aliphatic hydroxyl groups excluding tert-OH is 1. The van der Waals surface area contributed by atoms with E-state index in [2.05, 4.69) is 10.6 Å². The molecule has 0 fully saturated rings. The fraction of sp³-hybridized carbons (Fsp3) is 0.333. The molecule has 0 aliphatic carbocycles. The summed E-state index contributed by atoms with van der Waals surface area (Å²) in [4.78, 5) is 32.8. The van der Waals surface area contributed by atoms with Gasteiger partial charge in [-0.25, -0.2) is 0 Å². The molecule has 22 heavy (non-hydrogen) atoms. The van der Waals surface area contributed by atoms with E-state index in [1.165, 1.54) is 12.1 Å². The number of rotatable bonds is 8. The lowest BCUT2D eigenvalue weighted by molar-refractivity contribution is -0.384. The van der Waals surface area contributed by atoms with Crippen molar-refractivity contribution in [1.29, 1.82) is 0 Å². The highest BCUT2D eigenvalue weighted by atomic mass is 35.5. The van der Waals surface area contributed by atoms with E-state index in [1.54, 1.807) is 0 Å². The molecule has 1 unspecified atom stereocenters. The van der Waals surface area contributed by atoms with E-state index in [0.717, 1.165) is 6.07 Å². The van der Waals surface area contributed by atoms with Crippen molar-refractivity contribution in [2.75, 3.05) is 18.5 Å². The van der Waals surface area contributed by atoms with Crippen molar-refractivity contribution in [3.05, 3.63) is 33.3 Å². The number of carbonyl (C=O) groups excluding carboxylic acids is 1. The number of aliphatic hydroxyl groups is 1. The summed E-state index contributed by atoms with van der Waals surface area (Å²) < 4.78 is 0. The third kappa shape index (κ3) is 5.28. The summed E-state index contributed by atoms with van der Waals surface area (Å²) in [7, 11) is 0. The van der Waals surface area contributed by atoms with Gasteiger partial charge >= 0.3 is 5.97 Å². The Morgan fingerprint density at radius 2 is 2.09 bits per heavy atom. The first kappa shape index (κ1) is 17.8. The number of nitro groups is 1. The molecule has 0 saturated heterocycles. The molecular weight excluding hydrogens is 318 g/mol. The largest absolute Gasteiger partial charge is 0.480 e. The molecule has 120 valence electrons. The second-order valence-electron chi connectivity index (χ2n) is 4.24. The van der Waals surface area contributed by atoms with Crippen LogP contribution in [-0.4, -0.2) is 46.2 Å². The van der Waals surface area contributed by atoms with Crippen molar-refractivity contribution in [1.82, 2.24) is 5.32 Å². The Morgan fingerprint density at radius 1 is 1.41 bits per heavy atom. The van der Waals surface area contributed by atoms with Gasteiger partial charge in [-0.1, -0.05) is 11.6 Å². The van der Waals surface area contributed by atoms with Crippen LogP contribution in [-0.2, 0) is 9.59 Å². The summed E-state index contributed by atoms with van der Waals surface area (Å²) in [6, 6.07) is 2.33. The number of aliphatic carboxylic acids is 1. The van der Waals surface area contributed by atoms with Crippen molar-refractivity contribution in [2.24, 2.45) is 0 Å². The number of amides is 1. The monoisotopic (exact) mass is 331 g/mol. The van der Waals surface area contributed by atoms with Gasteiger partial charge in [-0.3, -0.25) is 19.7 Å². The number of anilines is 1. The second kappa shape index (κ2) is 8.27. The minimum atomic E-state index is -1.26. The maximum Gasteiger partial charge on any atom is 0.321 e. The minimum absolute atomic E-state index is 0.0157. The third-order valence-electron chi connectivity index (χ3n) is 2.63. The molecule has 9 nitrogen and oxygen atoms in total. The molecule has 0 aliphatic rings. The summed E-state index contributed by atoms with van der Waals surface area (Å²) in [5.74, 6) is -1.94. The number of carbonyl (C=O) groups is 2. The highest BCUT2D eigenvalue weighted by molar-refractivity contribution is 6.33. The predicted octanol–water partition coefficient (Wildman–Crippen LogP) is 0.612. The van der Waals surface area contributed by atoms with Gasteiger partial charge in [-0.15, -0.1) is 0 Å². The fourth-order valence-electron chi connectivity index (χ4n) is 1.59. The zero-order chi connectivity index (χ0) is 16.7. The molecule has 1 amide bonds. The summed E-state index contributed by atoms with van der Waals surface area (Å²) in [6.45, 7) is -0.260. The van der Waals surface area contributed by atoms with Gasteiger partial charge in [0.1, 0.15) is 6.04 Å². The number of nitrogens with zero attached hydrogens (tertiary/aromatic N) is 1. The zero-order valence-electron chi connectivity index (χ0n) is 11.3. The molecule has 1 atom stereocenters. The normalized spacial score (nSPS) is 11.7. The lowest BCUT2D eigenvalue weighted by Gasteiger charge is -2.14. The Hall–Kier alpha value is -2.23. The molecule has 1 aromatic rings. The maximum absolute atomic E-state index is 11.8. The molecule has 0 saturated carbocycles. The Morgan fingerprint density at radius 3 is 2.64 bits per heavy atom. The Bertz CT molecular complexity index is 580. The first-order chi connectivity index (χ1) is 10.3. The summed E-state index contributed by atoms with van der Waals surface area (Å²) in [6.07, 6.45) is -0.422. The number of nitrogens with one attached hydrogen (secondary N) is 2. The number of halogens is 1. The van der Waals surface area contributed by atoms with Crippen LogP contribution in [0.3, 0.4) is 0 Å². The van der Waals surface area contributed by atoms with Gasteiger partial charge in [0.25, 0.3) is 5.69 Å². The SMILES string of the molecule is O=C(CC(NCCO)C(=O)O)Nc1cc([N+](=O)[O-])ccc1Cl. The van der Waals surface area contributed by atoms with Crippen LogP contribution in [0.15, 0.2) is 18.2 Å². The van der Waals surface area contributed by atoms with Crippen LogP contribution in [0.1, 0.15) is 6.42 Å². The van der Waals surface area contributed by atoms with Gasteiger partial charge in [0.05, 0.1) is 28.7 Å². The number of carboxylic acid groups (broad SMARTS) is 1. The molecule has 4 N–H and O–H groups in total. The van der Waals surface area contributed by atoms with Gasteiger partial charge in [0.15, 0.2) is 0 Å². The summed E-state index contributed by atoms with van der Waals surface area (Å²) in [5.41, 5.74) is -0.236. The van der Waals surface area contributed by atoms with Crippen LogP contribution in [0, 0.1) is 10.1 Å². The first-order valence-electron chi connectivity index (χ1n) is 6.16. The lowest BCUT2D eigenvalue weighted by atomic mass is 10.2. The van der Waals surface area contributed by atoms with Crippen LogP contribution in [0.5, 0.6) is 0 Å². The van der Waals surface area contributed by atoms with Crippen molar-refractivity contribution in [2.45, 2.75) is 12.5 Å². The van der Waals surface area contributed by atoms with E-state index in [1.807, 2.05) is 0 Å². The van der Waals surface area contributed by atoms with Gasteiger partial charge in [0, 0.05) is 18.7 Å². The number of carboxylic acids is 1. The highest BCUT2D eigenvalue weighted by Crippen LogP contribution is 2.26. The first-order valence-corrected chi connectivity index (χ1v) is 6.53. The minimum Gasteiger partial charge on any atom is -0.480 e. The number of benzene rings is 1. The van der Waals surface area contributed by atoms with Crippen molar-refractivity contribution < 1.29 is 24.7 Å². The molecule has 0 bridgehead atoms. The van der Waals surface area contributed by atoms with E-state index in [4.69, 9.17) is 21.8 Å². The van der Waals surface area contributed by atoms with Gasteiger partial charge in [-0.05, 0) is 6.07 Å². The number of hydrogen-bond acceptors (Lipinski definition) is 6. The van der Waals surface area contributed by atoms with E-state index in [-0.39, 0.29) is 29.5 Å². The van der Waals surface area contributed by atoms with Crippen molar-refractivity contribution >= 4 is 34.9 Å². The van der Waals surface area contributed by atoms with Crippen molar-refractivity contribution in [3.8, 4) is 0 Å². The smallest absolute Gasteiger partial charge is 0.321 e. The zero-order valence-corrected chi connectivity index (χ0v) is 12.0. The second-order valence-corrected chi connectivity index (χ2v) is 4.65. The Kier molecular flexibility index (Phi) is 6.70. The van der Waals surface area contributed by atoms with Gasteiger partial charge in [-0.2, -0.15) is 0 Å². The number of hydrogen-bond donors (Lipinski definition) is 4. The Balaban J connectivity index is 2.77. The molecule has 0 spiro atoms. The van der Waals surface area contributed by atoms with E-state index in [0.29, 0.717) is 0 Å². The molecular formula is C12H14ClN3O6. The molecule has 1 rings (SSSR count). The summed E-state index contributed by atoms with van der Waals surface area (Å²) >= 11 is 5.83. The third-order valence-corrected chi connectivity index (χ3v) is 2.95.